The molecule has 0 saturated heterocycles. The molecule has 6 nitrogen and oxygen atoms in total. The van der Waals surface area contributed by atoms with Crippen molar-refractivity contribution in [3.63, 3.8) is 0 Å². The molecule has 1 heterocycles. The van der Waals surface area contributed by atoms with Crippen molar-refractivity contribution < 1.29 is 24.5 Å². The first kappa shape index (κ1) is 10.6. The quantitative estimate of drug-likeness (QED) is 0.475. The van der Waals surface area contributed by atoms with Gasteiger partial charge in [0.15, 0.2) is 17.1 Å². The van der Waals surface area contributed by atoms with Crippen molar-refractivity contribution in [3.8, 4) is 17.2 Å². The van der Waals surface area contributed by atoms with Crippen LogP contribution < -0.4 is 5.63 Å². The van der Waals surface area contributed by atoms with Crippen molar-refractivity contribution in [1.29, 1.82) is 0 Å². The highest BCUT2D eigenvalue weighted by Gasteiger charge is 2.30. The summed E-state index contributed by atoms with van der Waals surface area (Å²) in [5.74, 6) is -1.69. The lowest BCUT2D eigenvalue weighted by Crippen LogP contribution is -2.00. The molecule has 2 aromatic rings. The van der Waals surface area contributed by atoms with Gasteiger partial charge in [0, 0.05) is 18.1 Å². The van der Waals surface area contributed by atoms with Gasteiger partial charge < -0.3 is 19.7 Å². The summed E-state index contributed by atoms with van der Waals surface area (Å²) in [7, 11) is 0. The number of carbonyl (C=O) groups excluding carboxylic acids is 1. The summed E-state index contributed by atoms with van der Waals surface area (Å²) in [6.07, 6.45) is 0.469. The molecule has 1 aliphatic carbocycles. The predicted octanol–water partition coefficient (Wildman–Crippen LogP) is 1.04. The van der Waals surface area contributed by atoms with Gasteiger partial charge in [-0.15, -0.1) is 0 Å². The summed E-state index contributed by atoms with van der Waals surface area (Å²) in [5, 5.41) is 29.1. The van der Waals surface area contributed by atoms with E-state index in [1.54, 1.807) is 0 Å². The number of hydrogen-bond acceptors (Lipinski definition) is 6. The maximum atomic E-state index is 11.6. The molecule has 6 heteroatoms. The molecule has 0 unspecified atom stereocenters. The van der Waals surface area contributed by atoms with Gasteiger partial charge in [-0.2, -0.15) is 0 Å². The second-order valence-electron chi connectivity index (χ2n) is 4.14. The number of aromatic hydroxyl groups is 3. The first-order valence-electron chi connectivity index (χ1n) is 5.27. The molecule has 92 valence electrons. The summed E-state index contributed by atoms with van der Waals surface area (Å²) in [6.45, 7) is 0. The Labute approximate surface area is 99.7 Å². The van der Waals surface area contributed by atoms with Gasteiger partial charge in [0.05, 0.1) is 10.9 Å². The molecular formula is C12H8O6. The lowest BCUT2D eigenvalue weighted by Gasteiger charge is -2.08. The van der Waals surface area contributed by atoms with Crippen molar-refractivity contribution in [1.82, 2.24) is 0 Å². The average molecular weight is 248 g/mol. The maximum Gasteiger partial charge on any atom is 0.378 e. The van der Waals surface area contributed by atoms with Crippen molar-refractivity contribution in [2.75, 3.05) is 0 Å². The molecule has 18 heavy (non-hydrogen) atoms. The number of carbonyl (C=O) groups is 1. The van der Waals surface area contributed by atoms with Crippen LogP contribution in [-0.4, -0.2) is 21.1 Å². The molecule has 3 N–H and O–H groups in total. The Morgan fingerprint density at radius 2 is 1.78 bits per heavy atom. The zero-order chi connectivity index (χ0) is 13.0. The van der Waals surface area contributed by atoms with E-state index in [2.05, 4.69) is 0 Å². The SMILES string of the molecule is O=C1CCc2c1c(O)c1cc(O)c(=O)oc1c2O. The smallest absolute Gasteiger partial charge is 0.378 e. The summed E-state index contributed by atoms with van der Waals surface area (Å²) in [6, 6.07) is 0.974. The highest BCUT2D eigenvalue weighted by Crippen LogP contribution is 2.43. The van der Waals surface area contributed by atoms with Gasteiger partial charge in [0.25, 0.3) is 0 Å². The predicted molar refractivity (Wildman–Crippen MR) is 60.1 cm³/mol. The molecule has 0 atom stereocenters. The minimum atomic E-state index is -1.01. The fraction of sp³-hybridized carbons (Fsp3) is 0.167. The zero-order valence-corrected chi connectivity index (χ0v) is 9.06. The minimum absolute atomic E-state index is 0.0354. The number of rotatable bonds is 0. The molecule has 0 bridgehead atoms. The minimum Gasteiger partial charge on any atom is -0.506 e. The van der Waals surface area contributed by atoms with Gasteiger partial charge in [-0.3, -0.25) is 4.79 Å². The van der Waals surface area contributed by atoms with E-state index >= 15 is 0 Å². The van der Waals surface area contributed by atoms with E-state index < -0.39 is 11.4 Å². The Bertz CT molecular complexity index is 755. The maximum absolute atomic E-state index is 11.6. The van der Waals surface area contributed by atoms with E-state index in [4.69, 9.17) is 4.42 Å². The number of phenols is 2. The van der Waals surface area contributed by atoms with Gasteiger partial charge in [0.1, 0.15) is 5.75 Å². The largest absolute Gasteiger partial charge is 0.506 e. The van der Waals surface area contributed by atoms with Crippen LogP contribution in [0.2, 0.25) is 0 Å². The van der Waals surface area contributed by atoms with Crippen molar-refractivity contribution >= 4 is 16.8 Å². The van der Waals surface area contributed by atoms with Gasteiger partial charge in [-0.1, -0.05) is 0 Å². The third-order valence-corrected chi connectivity index (χ3v) is 3.11. The molecular weight excluding hydrogens is 240 g/mol. The number of Topliss-reactive ketones (excluding diaryl/α,β-unsaturated/α-hetero) is 1. The molecule has 1 aromatic carbocycles. The fourth-order valence-corrected chi connectivity index (χ4v) is 2.25. The Hall–Kier alpha value is -2.50. The standard InChI is InChI=1S/C12H8O6/c13-6-2-1-4-8(6)9(15)5-3-7(14)12(17)18-11(5)10(4)16/h3,14-16H,1-2H2. The lowest BCUT2D eigenvalue weighted by molar-refractivity contribution is 0.0992. The third-order valence-electron chi connectivity index (χ3n) is 3.11. The number of hydrogen-bond donors (Lipinski definition) is 3. The Morgan fingerprint density at radius 1 is 1.06 bits per heavy atom. The van der Waals surface area contributed by atoms with Crippen molar-refractivity contribution in [3.05, 3.63) is 27.6 Å². The van der Waals surface area contributed by atoms with E-state index in [-0.39, 0.29) is 52.2 Å². The van der Waals surface area contributed by atoms with Crippen LogP contribution in [0.15, 0.2) is 15.3 Å². The molecule has 1 aliphatic rings. The molecule has 3 rings (SSSR count). The number of benzene rings is 1. The van der Waals surface area contributed by atoms with E-state index in [0.29, 0.717) is 0 Å². The molecule has 1 aromatic heterocycles. The average Bonchev–Trinajstić information content (AvgIpc) is 2.71. The van der Waals surface area contributed by atoms with Crippen LogP contribution in [0.3, 0.4) is 0 Å². The molecule has 0 amide bonds. The van der Waals surface area contributed by atoms with Crippen LogP contribution in [0.1, 0.15) is 22.3 Å². The molecule has 0 spiro atoms. The summed E-state index contributed by atoms with van der Waals surface area (Å²) < 4.78 is 4.74. The number of phenolic OH excluding ortho intramolecular Hbond substituents is 2. The Kier molecular flexibility index (Phi) is 1.92. The van der Waals surface area contributed by atoms with Crippen molar-refractivity contribution in [2.24, 2.45) is 0 Å². The lowest BCUT2D eigenvalue weighted by atomic mass is 10.0. The van der Waals surface area contributed by atoms with Gasteiger partial charge in [-0.05, 0) is 6.42 Å². The molecule has 0 radical (unpaired) electrons. The zero-order valence-electron chi connectivity index (χ0n) is 9.06. The van der Waals surface area contributed by atoms with Crippen LogP contribution in [0, 0.1) is 0 Å². The van der Waals surface area contributed by atoms with Crippen LogP contribution in [0.25, 0.3) is 11.0 Å². The van der Waals surface area contributed by atoms with E-state index in [1.165, 1.54) is 0 Å². The second-order valence-corrected chi connectivity index (χ2v) is 4.14. The topological polar surface area (TPSA) is 108 Å². The Morgan fingerprint density at radius 3 is 2.50 bits per heavy atom. The van der Waals surface area contributed by atoms with E-state index in [9.17, 15) is 24.9 Å². The summed E-state index contributed by atoms with van der Waals surface area (Å²) >= 11 is 0. The highest BCUT2D eigenvalue weighted by atomic mass is 16.4. The highest BCUT2D eigenvalue weighted by molar-refractivity contribution is 6.09. The monoisotopic (exact) mass is 248 g/mol. The summed E-state index contributed by atoms with van der Waals surface area (Å²) in [4.78, 5) is 22.8. The fourth-order valence-electron chi connectivity index (χ4n) is 2.25. The van der Waals surface area contributed by atoms with Crippen molar-refractivity contribution in [2.45, 2.75) is 12.8 Å². The van der Waals surface area contributed by atoms with Crippen LogP contribution in [-0.2, 0) is 6.42 Å². The summed E-state index contributed by atoms with van der Waals surface area (Å²) in [5.41, 5.74) is -0.919. The number of fused-ring (bicyclic) bond motifs is 2. The van der Waals surface area contributed by atoms with Gasteiger partial charge in [0.2, 0.25) is 5.75 Å². The van der Waals surface area contributed by atoms with E-state index in [1.807, 2.05) is 0 Å². The number of ketones is 1. The van der Waals surface area contributed by atoms with E-state index in [0.717, 1.165) is 6.07 Å². The van der Waals surface area contributed by atoms with Gasteiger partial charge >= 0.3 is 5.63 Å². The third kappa shape index (κ3) is 1.17. The van der Waals surface area contributed by atoms with Gasteiger partial charge in [-0.25, -0.2) is 4.79 Å². The first-order chi connectivity index (χ1) is 8.50. The normalized spacial score (nSPS) is 14.1. The molecule has 0 aliphatic heterocycles. The first-order valence-corrected chi connectivity index (χ1v) is 5.27. The van der Waals surface area contributed by atoms with Crippen LogP contribution >= 0.6 is 0 Å². The van der Waals surface area contributed by atoms with Crippen LogP contribution in [0.4, 0.5) is 0 Å². The van der Waals surface area contributed by atoms with Crippen LogP contribution in [0.5, 0.6) is 17.2 Å². The Balaban J connectivity index is 2.56. The molecule has 0 fully saturated rings. The molecule has 0 saturated carbocycles. The second kappa shape index (κ2) is 3.25.